The van der Waals surface area contributed by atoms with E-state index in [1.165, 1.54) is 11.3 Å². The lowest BCUT2D eigenvalue weighted by Gasteiger charge is -2.04. The van der Waals surface area contributed by atoms with Crippen LogP contribution in [0.5, 0.6) is 0 Å². The molecule has 0 aliphatic carbocycles. The third kappa shape index (κ3) is 2.75. The molecule has 0 fully saturated rings. The molecule has 0 atom stereocenters. The highest BCUT2D eigenvalue weighted by molar-refractivity contribution is 7.14. The van der Waals surface area contributed by atoms with Crippen LogP contribution in [-0.2, 0) is 0 Å². The van der Waals surface area contributed by atoms with Gasteiger partial charge in [-0.2, -0.15) is 11.3 Å². The van der Waals surface area contributed by atoms with Crippen molar-refractivity contribution in [2.45, 2.75) is 0 Å². The van der Waals surface area contributed by atoms with E-state index in [1.54, 1.807) is 28.8 Å². The van der Waals surface area contributed by atoms with Crippen LogP contribution >= 0.6 is 34.3 Å². The topological polar surface area (TPSA) is 42.0 Å². The van der Waals surface area contributed by atoms with E-state index in [4.69, 9.17) is 11.6 Å². The number of anilines is 1. The lowest BCUT2D eigenvalue weighted by atomic mass is 10.3. The Bertz CT molecular complexity index is 737. The van der Waals surface area contributed by atoms with Gasteiger partial charge in [-0.15, -0.1) is 11.3 Å². The summed E-state index contributed by atoms with van der Waals surface area (Å²) in [6, 6.07) is 9.11. The van der Waals surface area contributed by atoms with Gasteiger partial charge in [0.05, 0.1) is 10.7 Å². The van der Waals surface area contributed by atoms with E-state index in [1.807, 2.05) is 29.0 Å². The average Bonchev–Trinajstić information content (AvgIpc) is 3.11. The highest BCUT2D eigenvalue weighted by Gasteiger charge is 2.13. The van der Waals surface area contributed by atoms with Gasteiger partial charge in [0.15, 0.2) is 0 Å². The first-order chi connectivity index (χ1) is 9.74. The van der Waals surface area contributed by atoms with Gasteiger partial charge < -0.3 is 5.32 Å². The first-order valence-corrected chi connectivity index (χ1v) is 7.98. The second kappa shape index (κ2) is 5.75. The maximum absolute atomic E-state index is 12.1. The number of hydrogen-bond donors (Lipinski definition) is 1. The van der Waals surface area contributed by atoms with Gasteiger partial charge >= 0.3 is 0 Å². The fraction of sp³-hybridized carbons (Fsp3) is 0. The normalized spacial score (nSPS) is 10.4. The smallest absolute Gasteiger partial charge is 0.275 e. The molecule has 0 saturated heterocycles. The Morgan fingerprint density at radius 1 is 1.20 bits per heavy atom. The van der Waals surface area contributed by atoms with Crippen molar-refractivity contribution in [2.75, 3.05) is 5.32 Å². The molecule has 20 heavy (non-hydrogen) atoms. The van der Waals surface area contributed by atoms with Crippen molar-refractivity contribution in [3.05, 3.63) is 57.2 Å². The highest BCUT2D eigenvalue weighted by Crippen LogP contribution is 2.26. The molecule has 0 aliphatic heterocycles. The van der Waals surface area contributed by atoms with Gasteiger partial charge in [-0.05, 0) is 23.6 Å². The lowest BCUT2D eigenvalue weighted by Crippen LogP contribution is -2.12. The van der Waals surface area contributed by atoms with Gasteiger partial charge in [0, 0.05) is 16.3 Å². The fourth-order valence-electron chi connectivity index (χ4n) is 1.65. The largest absolute Gasteiger partial charge is 0.319 e. The Hall–Kier alpha value is -1.69. The van der Waals surface area contributed by atoms with Crippen molar-refractivity contribution in [3.8, 4) is 10.6 Å². The molecule has 0 radical (unpaired) electrons. The summed E-state index contributed by atoms with van der Waals surface area (Å²) in [7, 11) is 0. The molecule has 1 amide bonds. The minimum absolute atomic E-state index is 0.254. The molecule has 1 aromatic carbocycles. The molecule has 0 spiro atoms. The number of nitrogens with zero attached hydrogens (tertiary/aromatic N) is 1. The van der Waals surface area contributed by atoms with Crippen LogP contribution in [0.1, 0.15) is 10.5 Å². The summed E-state index contributed by atoms with van der Waals surface area (Å²) in [5.74, 6) is -0.254. The molecule has 6 heteroatoms. The van der Waals surface area contributed by atoms with Crippen molar-refractivity contribution < 1.29 is 4.79 Å². The van der Waals surface area contributed by atoms with Crippen molar-refractivity contribution in [1.82, 2.24) is 4.98 Å². The lowest BCUT2D eigenvalue weighted by molar-refractivity contribution is 0.102. The number of amides is 1. The van der Waals surface area contributed by atoms with E-state index in [-0.39, 0.29) is 5.91 Å². The summed E-state index contributed by atoms with van der Waals surface area (Å²) in [6.07, 6.45) is 0. The van der Waals surface area contributed by atoms with Gasteiger partial charge in [0.25, 0.3) is 5.91 Å². The van der Waals surface area contributed by atoms with E-state index in [0.29, 0.717) is 16.4 Å². The maximum atomic E-state index is 12.1. The zero-order valence-corrected chi connectivity index (χ0v) is 12.6. The van der Waals surface area contributed by atoms with Gasteiger partial charge in [0.1, 0.15) is 10.7 Å². The van der Waals surface area contributed by atoms with E-state index in [2.05, 4.69) is 10.3 Å². The fourth-order valence-corrected chi connectivity index (χ4v) is 3.34. The maximum Gasteiger partial charge on any atom is 0.275 e. The summed E-state index contributed by atoms with van der Waals surface area (Å²) in [5.41, 5.74) is 2.03. The first kappa shape index (κ1) is 13.3. The van der Waals surface area contributed by atoms with Gasteiger partial charge in [0.2, 0.25) is 0 Å². The standard InChI is InChI=1S/C14H9ClN2OS2/c15-10-3-1-2-4-11(10)16-13(18)12-8-20-14(17-12)9-5-6-19-7-9/h1-8H,(H,16,18). The van der Waals surface area contributed by atoms with Crippen molar-refractivity contribution in [2.24, 2.45) is 0 Å². The number of aromatic nitrogens is 1. The SMILES string of the molecule is O=C(Nc1ccccc1Cl)c1csc(-c2ccsc2)n1. The second-order valence-corrected chi connectivity index (χ2v) is 6.03. The third-order valence-corrected chi connectivity index (χ3v) is 4.53. The zero-order valence-electron chi connectivity index (χ0n) is 10.2. The number of benzene rings is 1. The molecule has 3 nitrogen and oxygen atoms in total. The molecule has 2 heterocycles. The van der Waals surface area contributed by atoms with Crippen molar-refractivity contribution in [1.29, 1.82) is 0 Å². The number of para-hydroxylation sites is 1. The number of rotatable bonds is 3. The molecular formula is C14H9ClN2OS2. The number of halogens is 1. The Labute approximate surface area is 128 Å². The highest BCUT2D eigenvalue weighted by atomic mass is 35.5. The van der Waals surface area contributed by atoms with Crippen LogP contribution in [0, 0.1) is 0 Å². The molecule has 0 saturated carbocycles. The predicted molar refractivity (Wildman–Crippen MR) is 84.8 cm³/mol. The number of carbonyl (C=O) groups excluding carboxylic acids is 1. The monoisotopic (exact) mass is 320 g/mol. The molecule has 0 unspecified atom stereocenters. The van der Waals surface area contributed by atoms with Crippen LogP contribution in [0.2, 0.25) is 5.02 Å². The molecule has 100 valence electrons. The molecule has 0 bridgehead atoms. The minimum atomic E-state index is -0.254. The minimum Gasteiger partial charge on any atom is -0.319 e. The van der Waals surface area contributed by atoms with E-state index >= 15 is 0 Å². The van der Waals surface area contributed by atoms with E-state index in [0.717, 1.165) is 10.6 Å². The van der Waals surface area contributed by atoms with Gasteiger partial charge in [-0.3, -0.25) is 4.79 Å². The van der Waals surface area contributed by atoms with Crippen LogP contribution in [0.25, 0.3) is 10.6 Å². The summed E-state index contributed by atoms with van der Waals surface area (Å²) in [6.45, 7) is 0. The number of nitrogens with one attached hydrogen (secondary N) is 1. The van der Waals surface area contributed by atoms with E-state index < -0.39 is 0 Å². The quantitative estimate of drug-likeness (QED) is 0.754. The van der Waals surface area contributed by atoms with Crippen LogP contribution < -0.4 is 5.32 Å². The summed E-state index contributed by atoms with van der Waals surface area (Å²) < 4.78 is 0. The Balaban J connectivity index is 1.80. The van der Waals surface area contributed by atoms with Gasteiger partial charge in [-0.25, -0.2) is 4.98 Å². The number of hydrogen-bond acceptors (Lipinski definition) is 4. The molecular weight excluding hydrogens is 312 g/mol. The Morgan fingerprint density at radius 2 is 2.05 bits per heavy atom. The molecule has 1 N–H and O–H groups in total. The van der Waals surface area contributed by atoms with E-state index in [9.17, 15) is 4.79 Å². The summed E-state index contributed by atoms with van der Waals surface area (Å²) in [5, 5.41) is 9.86. The average molecular weight is 321 g/mol. The van der Waals surface area contributed by atoms with Crippen LogP contribution in [0.15, 0.2) is 46.5 Å². The van der Waals surface area contributed by atoms with Gasteiger partial charge in [-0.1, -0.05) is 23.7 Å². The number of thiazole rings is 1. The Kier molecular flexibility index (Phi) is 3.82. The summed E-state index contributed by atoms with van der Waals surface area (Å²) >= 11 is 9.07. The van der Waals surface area contributed by atoms with Crippen LogP contribution in [0.3, 0.4) is 0 Å². The van der Waals surface area contributed by atoms with Crippen LogP contribution in [0.4, 0.5) is 5.69 Å². The first-order valence-electron chi connectivity index (χ1n) is 5.78. The van der Waals surface area contributed by atoms with Crippen molar-refractivity contribution >= 4 is 45.9 Å². The number of carbonyl (C=O) groups is 1. The Morgan fingerprint density at radius 3 is 2.80 bits per heavy atom. The molecule has 3 aromatic rings. The van der Waals surface area contributed by atoms with Crippen LogP contribution in [-0.4, -0.2) is 10.9 Å². The predicted octanol–water partition coefficient (Wildman–Crippen LogP) is 4.78. The molecule has 2 aromatic heterocycles. The zero-order chi connectivity index (χ0) is 13.9. The molecule has 3 rings (SSSR count). The molecule has 0 aliphatic rings. The van der Waals surface area contributed by atoms with Crippen molar-refractivity contribution in [3.63, 3.8) is 0 Å². The summed E-state index contributed by atoms with van der Waals surface area (Å²) in [4.78, 5) is 16.5. The third-order valence-electron chi connectivity index (χ3n) is 2.63. The number of thiophene rings is 1. The second-order valence-electron chi connectivity index (χ2n) is 3.98.